The van der Waals surface area contributed by atoms with Crippen LogP contribution in [0.25, 0.3) is 0 Å². The number of carbonyl (C=O) groups is 1. The van der Waals surface area contributed by atoms with Crippen LogP contribution in [0.2, 0.25) is 0 Å². The maximum absolute atomic E-state index is 11.0. The molecule has 3 nitrogen and oxygen atoms in total. The third-order valence-corrected chi connectivity index (χ3v) is 4.69. The maximum atomic E-state index is 11.0. The van der Waals surface area contributed by atoms with Crippen molar-refractivity contribution in [1.29, 1.82) is 0 Å². The maximum Gasteiger partial charge on any atom is 0.306 e. The van der Waals surface area contributed by atoms with Crippen molar-refractivity contribution in [2.24, 2.45) is 0 Å². The summed E-state index contributed by atoms with van der Waals surface area (Å²) in [5.41, 5.74) is 1.33. The van der Waals surface area contributed by atoms with Gasteiger partial charge in [-0.3, -0.25) is 4.79 Å². The molecule has 20 heavy (non-hydrogen) atoms. The van der Waals surface area contributed by atoms with Gasteiger partial charge in [-0.25, -0.2) is 0 Å². The van der Waals surface area contributed by atoms with E-state index in [1.807, 2.05) is 0 Å². The van der Waals surface area contributed by atoms with Gasteiger partial charge >= 0.3 is 5.97 Å². The zero-order valence-electron chi connectivity index (χ0n) is 12.1. The number of benzene rings is 1. The second kappa shape index (κ2) is 8.32. The van der Waals surface area contributed by atoms with E-state index in [-0.39, 0.29) is 5.97 Å². The van der Waals surface area contributed by atoms with Crippen molar-refractivity contribution in [3.8, 4) is 0 Å². The summed E-state index contributed by atoms with van der Waals surface area (Å²) in [4.78, 5) is 12.2. The Hall–Kier alpha value is -1.00. The Morgan fingerprint density at radius 2 is 2.00 bits per heavy atom. The van der Waals surface area contributed by atoms with E-state index < -0.39 is 0 Å². The number of hydrogen-bond donors (Lipinski definition) is 1. The Morgan fingerprint density at radius 1 is 1.30 bits per heavy atom. The lowest BCUT2D eigenvalue weighted by molar-refractivity contribution is -0.140. The van der Waals surface area contributed by atoms with Gasteiger partial charge in [0.15, 0.2) is 0 Å². The second-order valence-electron chi connectivity index (χ2n) is 5.18. The quantitative estimate of drug-likeness (QED) is 0.618. The lowest BCUT2D eigenvalue weighted by atomic mass is 10.2. The highest BCUT2D eigenvalue weighted by molar-refractivity contribution is 7.99. The summed E-state index contributed by atoms with van der Waals surface area (Å²) in [5.74, 6) is 0.627. The van der Waals surface area contributed by atoms with Crippen molar-refractivity contribution >= 4 is 17.7 Å². The van der Waals surface area contributed by atoms with Crippen LogP contribution < -0.4 is 5.32 Å². The van der Waals surface area contributed by atoms with E-state index in [2.05, 4.69) is 34.3 Å². The van der Waals surface area contributed by atoms with Crippen molar-refractivity contribution in [2.75, 3.05) is 12.9 Å². The van der Waals surface area contributed by atoms with Crippen molar-refractivity contribution in [3.05, 3.63) is 29.8 Å². The zero-order valence-corrected chi connectivity index (χ0v) is 12.9. The third kappa shape index (κ3) is 5.17. The second-order valence-corrected chi connectivity index (χ2v) is 6.35. The number of thioether (sulfide) groups is 1. The van der Waals surface area contributed by atoms with Crippen LogP contribution in [0.3, 0.4) is 0 Å². The van der Waals surface area contributed by atoms with Gasteiger partial charge in [-0.05, 0) is 30.5 Å². The summed E-state index contributed by atoms with van der Waals surface area (Å²) in [6.45, 7) is 0.956. The van der Waals surface area contributed by atoms with Crippen molar-refractivity contribution in [3.63, 3.8) is 0 Å². The van der Waals surface area contributed by atoms with Gasteiger partial charge in [-0.15, -0.1) is 11.8 Å². The SMILES string of the molecule is COC(=O)CCSc1ccc(CNC2CCCC2)cc1. The summed E-state index contributed by atoms with van der Waals surface area (Å²) in [5, 5.41) is 3.62. The van der Waals surface area contributed by atoms with E-state index in [0.717, 1.165) is 12.3 Å². The topological polar surface area (TPSA) is 38.3 Å². The fourth-order valence-electron chi connectivity index (χ4n) is 2.45. The summed E-state index contributed by atoms with van der Waals surface area (Å²) < 4.78 is 4.63. The molecular weight excluding hydrogens is 270 g/mol. The summed E-state index contributed by atoms with van der Waals surface area (Å²) >= 11 is 1.69. The molecule has 1 aliphatic rings. The van der Waals surface area contributed by atoms with Crippen LogP contribution in [0, 0.1) is 0 Å². The van der Waals surface area contributed by atoms with Gasteiger partial charge in [0.2, 0.25) is 0 Å². The summed E-state index contributed by atoms with van der Waals surface area (Å²) in [6.07, 6.45) is 5.84. The van der Waals surface area contributed by atoms with E-state index in [1.54, 1.807) is 11.8 Å². The number of carbonyl (C=O) groups excluding carboxylic acids is 1. The minimum Gasteiger partial charge on any atom is -0.469 e. The largest absolute Gasteiger partial charge is 0.469 e. The average molecular weight is 293 g/mol. The molecule has 1 fully saturated rings. The number of ether oxygens (including phenoxy) is 1. The van der Waals surface area contributed by atoms with Gasteiger partial charge in [-0.1, -0.05) is 25.0 Å². The molecule has 0 aliphatic heterocycles. The molecule has 0 aromatic heterocycles. The normalized spacial score (nSPS) is 15.4. The molecule has 0 heterocycles. The van der Waals surface area contributed by atoms with Gasteiger partial charge in [0.25, 0.3) is 0 Å². The van der Waals surface area contributed by atoms with Gasteiger partial charge in [-0.2, -0.15) is 0 Å². The summed E-state index contributed by atoms with van der Waals surface area (Å²) in [7, 11) is 1.43. The van der Waals surface area contributed by atoms with Gasteiger partial charge in [0.1, 0.15) is 0 Å². The number of rotatable bonds is 7. The Kier molecular flexibility index (Phi) is 6.40. The first kappa shape index (κ1) is 15.4. The molecule has 0 radical (unpaired) electrons. The fourth-order valence-corrected chi connectivity index (χ4v) is 3.28. The molecule has 2 rings (SSSR count). The van der Waals surface area contributed by atoms with E-state index >= 15 is 0 Å². The van der Waals surface area contributed by atoms with Crippen LogP contribution in [0.1, 0.15) is 37.7 Å². The molecule has 0 amide bonds. The highest BCUT2D eigenvalue weighted by Crippen LogP contribution is 2.21. The Bertz CT molecular complexity index is 413. The van der Waals surface area contributed by atoms with Crippen LogP contribution in [0.15, 0.2) is 29.2 Å². The molecule has 1 N–H and O–H groups in total. The number of methoxy groups -OCH3 is 1. The highest BCUT2D eigenvalue weighted by atomic mass is 32.2. The standard InChI is InChI=1S/C16H23NO2S/c1-19-16(18)10-11-20-15-8-6-13(7-9-15)12-17-14-4-2-3-5-14/h6-9,14,17H,2-5,10-12H2,1H3. The van der Waals surface area contributed by atoms with Gasteiger partial charge in [0.05, 0.1) is 13.5 Å². The molecule has 0 atom stereocenters. The fraction of sp³-hybridized carbons (Fsp3) is 0.562. The van der Waals surface area contributed by atoms with Crippen LogP contribution in [-0.4, -0.2) is 24.9 Å². The van der Waals surface area contributed by atoms with Crippen molar-refractivity contribution < 1.29 is 9.53 Å². The van der Waals surface area contributed by atoms with Crippen molar-refractivity contribution in [1.82, 2.24) is 5.32 Å². The van der Waals surface area contributed by atoms with E-state index in [0.29, 0.717) is 12.5 Å². The summed E-state index contributed by atoms with van der Waals surface area (Å²) in [6, 6.07) is 9.32. The predicted octanol–water partition coefficient (Wildman–Crippen LogP) is 3.37. The zero-order chi connectivity index (χ0) is 14.2. The first-order valence-electron chi connectivity index (χ1n) is 7.30. The van der Waals surface area contributed by atoms with Crippen LogP contribution in [-0.2, 0) is 16.1 Å². The molecule has 0 saturated heterocycles. The average Bonchev–Trinajstić information content (AvgIpc) is 2.99. The van der Waals surface area contributed by atoms with E-state index in [1.165, 1.54) is 43.3 Å². The molecule has 110 valence electrons. The van der Waals surface area contributed by atoms with Crippen LogP contribution >= 0.6 is 11.8 Å². The van der Waals surface area contributed by atoms with Crippen LogP contribution in [0.4, 0.5) is 0 Å². The highest BCUT2D eigenvalue weighted by Gasteiger charge is 2.13. The van der Waals surface area contributed by atoms with Crippen LogP contribution in [0.5, 0.6) is 0 Å². The lowest BCUT2D eigenvalue weighted by Crippen LogP contribution is -2.25. The lowest BCUT2D eigenvalue weighted by Gasteiger charge is -2.11. The molecule has 0 spiro atoms. The molecule has 1 aliphatic carbocycles. The predicted molar refractivity (Wildman–Crippen MR) is 82.9 cm³/mol. The molecule has 0 bridgehead atoms. The van der Waals surface area contributed by atoms with E-state index in [4.69, 9.17) is 0 Å². The van der Waals surface area contributed by atoms with E-state index in [9.17, 15) is 4.79 Å². The number of nitrogens with one attached hydrogen (secondary N) is 1. The molecular formula is C16H23NO2S. The first-order valence-corrected chi connectivity index (χ1v) is 8.28. The number of esters is 1. The van der Waals surface area contributed by atoms with Gasteiger partial charge in [0, 0.05) is 23.2 Å². The Labute approximate surface area is 125 Å². The number of hydrogen-bond acceptors (Lipinski definition) is 4. The molecule has 1 saturated carbocycles. The minimum atomic E-state index is -0.144. The molecule has 4 heteroatoms. The monoisotopic (exact) mass is 293 g/mol. The Morgan fingerprint density at radius 3 is 2.65 bits per heavy atom. The molecule has 1 aromatic rings. The van der Waals surface area contributed by atoms with Crippen molar-refractivity contribution in [2.45, 2.75) is 49.6 Å². The minimum absolute atomic E-state index is 0.144. The first-order chi connectivity index (χ1) is 9.78. The third-order valence-electron chi connectivity index (χ3n) is 3.68. The Balaban J connectivity index is 1.70. The van der Waals surface area contributed by atoms with Gasteiger partial charge < -0.3 is 10.1 Å². The molecule has 0 unspecified atom stereocenters. The molecule has 1 aromatic carbocycles. The smallest absolute Gasteiger partial charge is 0.306 e.